The van der Waals surface area contributed by atoms with Gasteiger partial charge in [0.2, 0.25) is 0 Å². The van der Waals surface area contributed by atoms with E-state index in [4.69, 9.17) is 0 Å². The standard InChI is InChI=1S/C18H26N4O/c1-21-16-9-5-4-8-14(16)15(12-19)18(21)20-17(23)13-22-10-6-2-3-7-11-22/h2-11,13H2,1H3,(H,20,23)/p+1. The molecule has 3 rings (SSSR count). The molecular formula is C18H27N4O+. The van der Waals surface area contributed by atoms with Gasteiger partial charge in [0.15, 0.2) is 6.54 Å². The summed E-state index contributed by atoms with van der Waals surface area (Å²) in [6.45, 7) is 2.69. The van der Waals surface area contributed by atoms with Crippen LogP contribution in [0.5, 0.6) is 0 Å². The molecule has 1 aliphatic heterocycles. The number of rotatable bonds is 3. The minimum atomic E-state index is 0.0383. The first-order chi connectivity index (χ1) is 11.2. The summed E-state index contributed by atoms with van der Waals surface area (Å²) < 4.78 is 2.03. The van der Waals surface area contributed by atoms with Crippen molar-refractivity contribution in [3.05, 3.63) is 16.8 Å². The van der Waals surface area contributed by atoms with Crippen LogP contribution in [0.2, 0.25) is 0 Å². The van der Waals surface area contributed by atoms with Crippen molar-refractivity contribution in [1.82, 2.24) is 4.57 Å². The lowest BCUT2D eigenvalue weighted by Crippen LogP contribution is -3.12. The topological polar surface area (TPSA) is 62.3 Å². The summed E-state index contributed by atoms with van der Waals surface area (Å²) >= 11 is 0. The molecule has 1 aromatic rings. The van der Waals surface area contributed by atoms with Gasteiger partial charge in [0.25, 0.3) is 5.91 Å². The van der Waals surface area contributed by atoms with Gasteiger partial charge in [0.05, 0.1) is 18.7 Å². The maximum atomic E-state index is 12.5. The third-order valence-electron chi connectivity index (χ3n) is 5.31. The largest absolute Gasteiger partial charge is 0.333 e. The van der Waals surface area contributed by atoms with Gasteiger partial charge in [-0.3, -0.25) is 4.79 Å². The molecule has 0 saturated carbocycles. The number of nitrogens with zero attached hydrogens (tertiary/aromatic N) is 2. The van der Waals surface area contributed by atoms with E-state index in [1.54, 1.807) is 0 Å². The Morgan fingerprint density at radius 3 is 2.57 bits per heavy atom. The number of fused-ring (bicyclic) bond motifs is 1. The van der Waals surface area contributed by atoms with Gasteiger partial charge in [-0.2, -0.15) is 5.26 Å². The molecule has 5 nitrogen and oxygen atoms in total. The predicted octanol–water partition coefficient (Wildman–Crippen LogP) is 1.17. The molecule has 1 amide bonds. The Bertz CT molecular complexity index is 618. The van der Waals surface area contributed by atoms with E-state index in [1.165, 1.54) is 42.7 Å². The van der Waals surface area contributed by atoms with Crippen molar-refractivity contribution in [3.8, 4) is 6.07 Å². The molecule has 5 heteroatoms. The Hall–Kier alpha value is -1.80. The van der Waals surface area contributed by atoms with Crippen LogP contribution in [0.3, 0.4) is 0 Å². The van der Waals surface area contributed by atoms with E-state index in [0.717, 1.165) is 37.9 Å². The SMILES string of the molecule is Cn1c2c(c(C#N)c1NC(=O)C[NH+]1CCCCCC1)CCCC2. The van der Waals surface area contributed by atoms with E-state index in [-0.39, 0.29) is 5.91 Å². The van der Waals surface area contributed by atoms with Crippen LogP contribution in [0.1, 0.15) is 55.3 Å². The number of carbonyl (C=O) groups excluding carboxylic acids is 1. The van der Waals surface area contributed by atoms with Crippen molar-refractivity contribution in [3.63, 3.8) is 0 Å². The average molecular weight is 315 g/mol. The fraction of sp³-hybridized carbons (Fsp3) is 0.667. The van der Waals surface area contributed by atoms with E-state index < -0.39 is 0 Å². The molecule has 0 spiro atoms. The predicted molar refractivity (Wildman–Crippen MR) is 89.4 cm³/mol. The van der Waals surface area contributed by atoms with Crippen molar-refractivity contribution >= 4 is 11.7 Å². The third-order valence-corrected chi connectivity index (χ3v) is 5.31. The molecule has 2 aliphatic rings. The summed E-state index contributed by atoms with van der Waals surface area (Å²) in [5.74, 6) is 0.745. The van der Waals surface area contributed by atoms with Gasteiger partial charge in [0.1, 0.15) is 11.9 Å². The van der Waals surface area contributed by atoms with Gasteiger partial charge in [-0.25, -0.2) is 0 Å². The molecule has 1 fully saturated rings. The molecule has 0 unspecified atom stereocenters. The third kappa shape index (κ3) is 3.42. The summed E-state index contributed by atoms with van der Waals surface area (Å²) in [6.07, 6.45) is 9.27. The Labute approximate surface area is 138 Å². The first kappa shape index (κ1) is 16.1. The molecule has 0 bridgehead atoms. The van der Waals surface area contributed by atoms with Crippen LogP contribution in [0.4, 0.5) is 5.82 Å². The zero-order chi connectivity index (χ0) is 16.2. The fourth-order valence-corrected chi connectivity index (χ4v) is 4.05. The number of aromatic nitrogens is 1. The van der Waals surface area contributed by atoms with Crippen LogP contribution < -0.4 is 10.2 Å². The lowest BCUT2D eigenvalue weighted by molar-refractivity contribution is -0.890. The minimum absolute atomic E-state index is 0.0383. The van der Waals surface area contributed by atoms with E-state index in [9.17, 15) is 10.1 Å². The van der Waals surface area contributed by atoms with E-state index in [2.05, 4.69) is 11.4 Å². The number of quaternary nitrogens is 1. The Kier molecular flexibility index (Phi) is 5.02. The molecule has 23 heavy (non-hydrogen) atoms. The zero-order valence-corrected chi connectivity index (χ0v) is 14.1. The monoisotopic (exact) mass is 315 g/mol. The zero-order valence-electron chi connectivity index (χ0n) is 14.1. The van der Waals surface area contributed by atoms with Gasteiger partial charge in [0, 0.05) is 12.7 Å². The van der Waals surface area contributed by atoms with Gasteiger partial charge < -0.3 is 14.8 Å². The number of anilines is 1. The maximum absolute atomic E-state index is 12.5. The highest BCUT2D eigenvalue weighted by atomic mass is 16.2. The first-order valence-corrected chi connectivity index (χ1v) is 8.94. The van der Waals surface area contributed by atoms with Crippen molar-refractivity contribution in [2.45, 2.75) is 51.4 Å². The maximum Gasteiger partial charge on any atom is 0.280 e. The average Bonchev–Trinajstić information content (AvgIpc) is 2.72. The molecular weight excluding hydrogens is 288 g/mol. The lowest BCUT2D eigenvalue weighted by atomic mass is 9.95. The molecule has 0 aromatic carbocycles. The molecule has 0 radical (unpaired) electrons. The van der Waals surface area contributed by atoms with E-state index in [0.29, 0.717) is 17.9 Å². The van der Waals surface area contributed by atoms with Gasteiger partial charge in [-0.1, -0.05) is 0 Å². The highest BCUT2D eigenvalue weighted by molar-refractivity contribution is 5.92. The second kappa shape index (κ2) is 7.18. The normalized spacial score (nSPS) is 18.8. The van der Waals surface area contributed by atoms with Crippen molar-refractivity contribution < 1.29 is 9.69 Å². The molecule has 2 N–H and O–H groups in total. The van der Waals surface area contributed by atoms with Crippen LogP contribution in [0.25, 0.3) is 0 Å². The Balaban J connectivity index is 1.73. The summed E-state index contributed by atoms with van der Waals surface area (Å²) in [7, 11) is 1.97. The van der Waals surface area contributed by atoms with Crippen molar-refractivity contribution in [2.24, 2.45) is 7.05 Å². The Morgan fingerprint density at radius 1 is 1.17 bits per heavy atom. The highest BCUT2D eigenvalue weighted by Gasteiger charge is 2.25. The highest BCUT2D eigenvalue weighted by Crippen LogP contribution is 2.31. The number of likely N-dealkylation sites (tertiary alicyclic amines) is 1. The van der Waals surface area contributed by atoms with Gasteiger partial charge >= 0.3 is 0 Å². The molecule has 2 heterocycles. The fourth-order valence-electron chi connectivity index (χ4n) is 4.05. The van der Waals surface area contributed by atoms with Crippen molar-refractivity contribution in [2.75, 3.05) is 25.0 Å². The van der Waals surface area contributed by atoms with E-state index >= 15 is 0 Å². The number of amides is 1. The number of hydrogen-bond acceptors (Lipinski definition) is 2. The van der Waals surface area contributed by atoms with Crippen LogP contribution >= 0.6 is 0 Å². The second-order valence-electron chi connectivity index (χ2n) is 6.92. The number of carbonyl (C=O) groups is 1. The van der Waals surface area contributed by atoms with Crippen LogP contribution in [-0.4, -0.2) is 30.1 Å². The quantitative estimate of drug-likeness (QED) is 0.880. The van der Waals surface area contributed by atoms with Gasteiger partial charge in [-0.15, -0.1) is 0 Å². The molecule has 0 atom stereocenters. The minimum Gasteiger partial charge on any atom is -0.333 e. The summed E-state index contributed by atoms with van der Waals surface area (Å²) in [5.41, 5.74) is 3.06. The molecule has 1 saturated heterocycles. The number of nitrogens with one attached hydrogen (secondary N) is 2. The summed E-state index contributed by atoms with van der Waals surface area (Å²) in [6, 6.07) is 2.32. The Morgan fingerprint density at radius 2 is 1.87 bits per heavy atom. The lowest BCUT2D eigenvalue weighted by Gasteiger charge is -2.17. The summed E-state index contributed by atoms with van der Waals surface area (Å²) in [5, 5.41) is 12.6. The molecule has 1 aromatic heterocycles. The van der Waals surface area contributed by atoms with Crippen LogP contribution in [0, 0.1) is 11.3 Å². The van der Waals surface area contributed by atoms with Crippen molar-refractivity contribution in [1.29, 1.82) is 5.26 Å². The molecule has 1 aliphatic carbocycles. The van der Waals surface area contributed by atoms with E-state index in [1.807, 2.05) is 11.6 Å². The number of nitriles is 1. The smallest absolute Gasteiger partial charge is 0.280 e. The van der Waals surface area contributed by atoms with Crippen LogP contribution in [0.15, 0.2) is 0 Å². The first-order valence-electron chi connectivity index (χ1n) is 8.94. The van der Waals surface area contributed by atoms with Gasteiger partial charge in [-0.05, 0) is 56.9 Å². The van der Waals surface area contributed by atoms with Crippen LogP contribution in [-0.2, 0) is 24.7 Å². The molecule has 124 valence electrons. The summed E-state index contributed by atoms with van der Waals surface area (Å²) in [4.78, 5) is 13.8. The second-order valence-corrected chi connectivity index (χ2v) is 6.92. The number of hydrogen-bond donors (Lipinski definition) is 2.